The SMILES string of the molecule is O=C(CCc1nc(-c2cccnc2)no1)NC[C@@H](O)c1cccc(F)c1. The van der Waals surface area contributed by atoms with Crippen molar-refractivity contribution >= 4 is 5.91 Å². The number of amides is 1. The van der Waals surface area contributed by atoms with Crippen molar-refractivity contribution in [1.82, 2.24) is 20.4 Å². The van der Waals surface area contributed by atoms with Gasteiger partial charge in [0.1, 0.15) is 5.82 Å². The van der Waals surface area contributed by atoms with E-state index in [4.69, 9.17) is 4.52 Å². The Labute approximate surface area is 148 Å². The van der Waals surface area contributed by atoms with Crippen LogP contribution in [0.3, 0.4) is 0 Å². The Morgan fingerprint density at radius 1 is 1.31 bits per heavy atom. The molecule has 2 N–H and O–H groups in total. The maximum Gasteiger partial charge on any atom is 0.227 e. The van der Waals surface area contributed by atoms with Crippen molar-refractivity contribution in [2.24, 2.45) is 0 Å². The number of rotatable bonds is 7. The van der Waals surface area contributed by atoms with Gasteiger partial charge in [0.25, 0.3) is 0 Å². The second kappa shape index (κ2) is 8.30. The van der Waals surface area contributed by atoms with Gasteiger partial charge >= 0.3 is 0 Å². The first-order valence-corrected chi connectivity index (χ1v) is 8.05. The van der Waals surface area contributed by atoms with E-state index in [9.17, 15) is 14.3 Å². The number of aryl methyl sites for hydroxylation is 1. The highest BCUT2D eigenvalue weighted by Crippen LogP contribution is 2.15. The third-order valence-electron chi connectivity index (χ3n) is 3.68. The Morgan fingerprint density at radius 3 is 2.96 bits per heavy atom. The van der Waals surface area contributed by atoms with Crippen molar-refractivity contribution in [3.05, 3.63) is 66.1 Å². The second-order valence-electron chi connectivity index (χ2n) is 5.63. The number of benzene rings is 1. The van der Waals surface area contributed by atoms with E-state index < -0.39 is 11.9 Å². The molecule has 0 bridgehead atoms. The highest BCUT2D eigenvalue weighted by molar-refractivity contribution is 5.76. The molecule has 0 saturated carbocycles. The summed E-state index contributed by atoms with van der Waals surface area (Å²) in [6.07, 6.45) is 2.69. The molecule has 1 atom stereocenters. The van der Waals surface area contributed by atoms with Gasteiger partial charge in [0, 0.05) is 37.3 Å². The molecule has 0 saturated heterocycles. The first kappa shape index (κ1) is 17.7. The molecule has 0 unspecified atom stereocenters. The topological polar surface area (TPSA) is 101 Å². The molecular formula is C18H17FN4O3. The fourth-order valence-corrected chi connectivity index (χ4v) is 2.32. The molecule has 0 aliphatic heterocycles. The molecule has 2 heterocycles. The van der Waals surface area contributed by atoms with E-state index >= 15 is 0 Å². The van der Waals surface area contributed by atoms with Crippen LogP contribution in [0, 0.1) is 5.82 Å². The van der Waals surface area contributed by atoms with E-state index in [0.717, 1.165) is 5.56 Å². The normalized spacial score (nSPS) is 11.9. The number of nitrogens with zero attached hydrogens (tertiary/aromatic N) is 3. The van der Waals surface area contributed by atoms with Crippen LogP contribution in [0.5, 0.6) is 0 Å². The lowest BCUT2D eigenvalue weighted by Gasteiger charge is -2.12. The van der Waals surface area contributed by atoms with Gasteiger partial charge in [-0.1, -0.05) is 17.3 Å². The van der Waals surface area contributed by atoms with Crippen LogP contribution >= 0.6 is 0 Å². The van der Waals surface area contributed by atoms with E-state index in [-0.39, 0.29) is 25.3 Å². The van der Waals surface area contributed by atoms with Gasteiger partial charge < -0.3 is 14.9 Å². The maximum atomic E-state index is 13.1. The van der Waals surface area contributed by atoms with Crippen molar-refractivity contribution in [3.8, 4) is 11.4 Å². The predicted molar refractivity (Wildman–Crippen MR) is 90.2 cm³/mol. The Bertz CT molecular complexity index is 870. The highest BCUT2D eigenvalue weighted by Gasteiger charge is 2.13. The second-order valence-corrected chi connectivity index (χ2v) is 5.63. The Balaban J connectivity index is 1.46. The molecule has 3 rings (SSSR count). The Hall–Kier alpha value is -3.13. The van der Waals surface area contributed by atoms with Gasteiger partial charge in [-0.05, 0) is 29.8 Å². The molecule has 8 heteroatoms. The van der Waals surface area contributed by atoms with Gasteiger partial charge in [-0.2, -0.15) is 4.98 Å². The maximum absolute atomic E-state index is 13.1. The average molecular weight is 356 g/mol. The van der Waals surface area contributed by atoms with E-state index in [1.54, 1.807) is 24.5 Å². The fourth-order valence-electron chi connectivity index (χ4n) is 2.32. The molecule has 0 aliphatic carbocycles. The summed E-state index contributed by atoms with van der Waals surface area (Å²) in [7, 11) is 0. The Morgan fingerprint density at radius 2 is 2.19 bits per heavy atom. The third-order valence-corrected chi connectivity index (χ3v) is 3.68. The minimum Gasteiger partial charge on any atom is -0.387 e. The number of pyridine rings is 1. The summed E-state index contributed by atoms with van der Waals surface area (Å²) in [5, 5.41) is 16.4. The van der Waals surface area contributed by atoms with Gasteiger partial charge in [-0.25, -0.2) is 4.39 Å². The number of carbonyl (C=O) groups is 1. The lowest BCUT2D eigenvalue weighted by atomic mass is 10.1. The van der Waals surface area contributed by atoms with Crippen LogP contribution in [0.2, 0.25) is 0 Å². The van der Waals surface area contributed by atoms with Crippen molar-refractivity contribution in [2.45, 2.75) is 18.9 Å². The van der Waals surface area contributed by atoms with Crippen molar-refractivity contribution in [1.29, 1.82) is 0 Å². The molecule has 1 amide bonds. The molecule has 3 aromatic rings. The number of nitrogens with one attached hydrogen (secondary N) is 1. The van der Waals surface area contributed by atoms with E-state index in [0.29, 0.717) is 17.3 Å². The van der Waals surface area contributed by atoms with Gasteiger partial charge in [-0.3, -0.25) is 9.78 Å². The third kappa shape index (κ3) is 4.70. The standard InChI is InChI=1S/C18H17FN4O3/c19-14-5-1-3-12(9-14)15(24)11-21-16(25)6-7-17-22-18(23-26-17)13-4-2-8-20-10-13/h1-5,8-10,15,24H,6-7,11H2,(H,21,25)/t15-/m1/s1. The van der Waals surface area contributed by atoms with E-state index in [2.05, 4.69) is 20.4 Å². The zero-order valence-electron chi connectivity index (χ0n) is 13.8. The number of hydrogen-bond acceptors (Lipinski definition) is 6. The van der Waals surface area contributed by atoms with Crippen molar-refractivity contribution < 1.29 is 18.8 Å². The van der Waals surface area contributed by atoms with Crippen molar-refractivity contribution in [2.75, 3.05) is 6.54 Å². The van der Waals surface area contributed by atoms with Crippen LogP contribution in [0.25, 0.3) is 11.4 Å². The number of hydrogen-bond donors (Lipinski definition) is 2. The van der Waals surface area contributed by atoms with Gasteiger partial charge in [0.15, 0.2) is 0 Å². The van der Waals surface area contributed by atoms with Crippen LogP contribution in [-0.4, -0.2) is 32.7 Å². The number of aliphatic hydroxyl groups excluding tert-OH is 1. The van der Waals surface area contributed by atoms with Gasteiger partial charge in [0.05, 0.1) is 6.10 Å². The lowest BCUT2D eigenvalue weighted by molar-refractivity contribution is -0.121. The minimum atomic E-state index is -0.977. The number of aliphatic hydroxyl groups is 1. The molecule has 134 valence electrons. The van der Waals surface area contributed by atoms with Crippen LogP contribution in [-0.2, 0) is 11.2 Å². The quantitative estimate of drug-likeness (QED) is 0.672. The zero-order chi connectivity index (χ0) is 18.4. The highest BCUT2D eigenvalue weighted by atomic mass is 19.1. The number of carbonyl (C=O) groups excluding carboxylic acids is 1. The summed E-state index contributed by atoms with van der Waals surface area (Å²) in [6, 6.07) is 9.20. The van der Waals surface area contributed by atoms with E-state index in [1.165, 1.54) is 18.2 Å². The molecule has 0 aliphatic rings. The van der Waals surface area contributed by atoms with Crippen LogP contribution in [0.4, 0.5) is 4.39 Å². The molecular weight excluding hydrogens is 339 g/mol. The summed E-state index contributed by atoms with van der Waals surface area (Å²) in [4.78, 5) is 20.1. The largest absolute Gasteiger partial charge is 0.387 e. The van der Waals surface area contributed by atoms with Crippen molar-refractivity contribution in [3.63, 3.8) is 0 Å². The molecule has 0 radical (unpaired) electrons. The number of aromatic nitrogens is 3. The minimum absolute atomic E-state index is 0.00689. The molecule has 1 aromatic carbocycles. The summed E-state index contributed by atoms with van der Waals surface area (Å²) in [5.74, 6) is 0.0370. The molecule has 0 spiro atoms. The van der Waals surface area contributed by atoms with Gasteiger partial charge in [-0.15, -0.1) is 0 Å². The summed E-state index contributed by atoms with van der Waals surface area (Å²) >= 11 is 0. The average Bonchev–Trinajstić information content (AvgIpc) is 3.14. The molecule has 26 heavy (non-hydrogen) atoms. The Kier molecular flexibility index (Phi) is 5.65. The first-order valence-electron chi connectivity index (χ1n) is 8.05. The first-order chi connectivity index (χ1) is 12.6. The molecule has 0 fully saturated rings. The van der Waals surface area contributed by atoms with Crippen LogP contribution < -0.4 is 5.32 Å². The number of halogens is 1. The summed E-state index contributed by atoms with van der Waals surface area (Å²) in [5.41, 5.74) is 1.13. The fraction of sp³-hybridized carbons (Fsp3) is 0.222. The van der Waals surface area contributed by atoms with E-state index in [1.807, 2.05) is 6.07 Å². The van der Waals surface area contributed by atoms with Gasteiger partial charge in [0.2, 0.25) is 17.6 Å². The monoisotopic (exact) mass is 356 g/mol. The van der Waals surface area contributed by atoms with Crippen LogP contribution in [0.1, 0.15) is 24.0 Å². The summed E-state index contributed by atoms with van der Waals surface area (Å²) < 4.78 is 18.3. The summed E-state index contributed by atoms with van der Waals surface area (Å²) in [6.45, 7) is -0.00689. The lowest BCUT2D eigenvalue weighted by Crippen LogP contribution is -2.28. The molecule has 2 aromatic heterocycles. The zero-order valence-corrected chi connectivity index (χ0v) is 13.8. The van der Waals surface area contributed by atoms with Crippen LogP contribution in [0.15, 0.2) is 53.3 Å². The molecule has 7 nitrogen and oxygen atoms in total. The smallest absolute Gasteiger partial charge is 0.227 e. The predicted octanol–water partition coefficient (Wildman–Crippen LogP) is 2.05.